The van der Waals surface area contributed by atoms with E-state index in [1.165, 1.54) is 22.5 Å². The first-order valence-electron chi connectivity index (χ1n) is 11.7. The molecule has 0 bridgehead atoms. The number of hydrogen-bond donors (Lipinski definition) is 1. The topological polar surface area (TPSA) is 103 Å². The van der Waals surface area contributed by atoms with Crippen LogP contribution in [-0.4, -0.2) is 18.6 Å². The fourth-order valence-corrected chi connectivity index (χ4v) is 5.20. The van der Waals surface area contributed by atoms with Gasteiger partial charge in [-0.15, -0.1) is 0 Å². The summed E-state index contributed by atoms with van der Waals surface area (Å²) in [6.45, 7) is 0.306. The molecule has 1 aromatic heterocycles. The Morgan fingerprint density at radius 2 is 1.55 bits per heavy atom. The SMILES string of the molecule is N#C/C(=C/c1ccc(CN(Cc2ccc(Cl)cc2)S(=O)(=O)c2ccccc2)o1)C(=O)NCc1ccccc1. The molecule has 0 aliphatic heterocycles. The quantitative estimate of drug-likeness (QED) is 0.208. The second-order valence-corrected chi connectivity index (χ2v) is 10.7. The molecule has 4 aromatic rings. The molecule has 0 saturated heterocycles. The van der Waals surface area contributed by atoms with Crippen molar-refractivity contribution < 1.29 is 17.6 Å². The summed E-state index contributed by atoms with van der Waals surface area (Å²) < 4.78 is 34.0. The highest BCUT2D eigenvalue weighted by Crippen LogP contribution is 2.23. The van der Waals surface area contributed by atoms with E-state index in [1.54, 1.807) is 54.6 Å². The third-order valence-electron chi connectivity index (χ3n) is 5.62. The summed E-state index contributed by atoms with van der Waals surface area (Å²) in [4.78, 5) is 12.7. The zero-order valence-electron chi connectivity index (χ0n) is 20.2. The van der Waals surface area contributed by atoms with Crippen LogP contribution in [0.25, 0.3) is 6.08 Å². The van der Waals surface area contributed by atoms with Gasteiger partial charge in [0.15, 0.2) is 0 Å². The minimum absolute atomic E-state index is 0.0597. The van der Waals surface area contributed by atoms with Crippen molar-refractivity contribution in [3.05, 3.63) is 130 Å². The van der Waals surface area contributed by atoms with Crippen LogP contribution < -0.4 is 5.32 Å². The van der Waals surface area contributed by atoms with E-state index < -0.39 is 15.9 Å². The lowest BCUT2D eigenvalue weighted by Gasteiger charge is -2.21. The standard InChI is InChI=1S/C29H24ClN3O4S/c30-25-13-11-23(12-14-25)20-33(38(35,36)28-9-5-2-6-10-28)21-27-16-15-26(37-27)17-24(18-31)29(34)32-19-22-7-3-1-4-8-22/h1-17H,19-21H2,(H,32,34)/b24-17-. The Kier molecular flexibility index (Phi) is 8.77. The third kappa shape index (κ3) is 6.99. The van der Waals surface area contributed by atoms with E-state index in [4.69, 9.17) is 16.0 Å². The Labute approximate surface area is 226 Å². The highest BCUT2D eigenvalue weighted by Gasteiger charge is 2.26. The minimum atomic E-state index is -3.86. The van der Waals surface area contributed by atoms with Crippen molar-refractivity contribution in [2.45, 2.75) is 24.5 Å². The average Bonchev–Trinajstić information content (AvgIpc) is 3.39. The van der Waals surface area contributed by atoms with Crippen LogP contribution in [0.15, 0.2) is 112 Å². The number of nitrogens with zero attached hydrogens (tertiary/aromatic N) is 2. The molecule has 0 atom stereocenters. The number of hydrogen-bond acceptors (Lipinski definition) is 5. The molecular formula is C29H24ClN3O4S. The molecule has 0 saturated carbocycles. The lowest BCUT2D eigenvalue weighted by molar-refractivity contribution is -0.117. The normalized spacial score (nSPS) is 11.8. The second kappa shape index (κ2) is 12.4. The summed E-state index contributed by atoms with van der Waals surface area (Å²) in [5, 5.41) is 12.8. The van der Waals surface area contributed by atoms with Crippen LogP contribution in [0.4, 0.5) is 0 Å². The van der Waals surface area contributed by atoms with Crippen LogP contribution in [0.5, 0.6) is 0 Å². The molecule has 0 fully saturated rings. The number of nitriles is 1. The van der Waals surface area contributed by atoms with Crippen LogP contribution in [0.2, 0.25) is 5.02 Å². The van der Waals surface area contributed by atoms with Crippen molar-refractivity contribution >= 4 is 33.6 Å². The second-order valence-electron chi connectivity index (χ2n) is 8.35. The first kappa shape index (κ1) is 26.9. The highest BCUT2D eigenvalue weighted by molar-refractivity contribution is 7.89. The average molecular weight is 546 g/mol. The number of carbonyl (C=O) groups excluding carboxylic acids is 1. The number of nitrogens with one attached hydrogen (secondary N) is 1. The first-order valence-corrected chi connectivity index (χ1v) is 13.5. The van der Waals surface area contributed by atoms with Crippen molar-refractivity contribution in [2.24, 2.45) is 0 Å². The Hall–Kier alpha value is -4.16. The number of carbonyl (C=O) groups is 1. The summed E-state index contributed by atoms with van der Waals surface area (Å²) in [7, 11) is -3.86. The van der Waals surface area contributed by atoms with E-state index in [0.29, 0.717) is 10.8 Å². The van der Waals surface area contributed by atoms with E-state index in [-0.39, 0.29) is 35.9 Å². The van der Waals surface area contributed by atoms with Crippen LogP contribution in [0.3, 0.4) is 0 Å². The van der Waals surface area contributed by atoms with E-state index >= 15 is 0 Å². The smallest absolute Gasteiger partial charge is 0.262 e. The first-order chi connectivity index (χ1) is 18.3. The molecule has 38 heavy (non-hydrogen) atoms. The molecule has 4 rings (SSSR count). The van der Waals surface area contributed by atoms with Crippen LogP contribution in [0.1, 0.15) is 22.6 Å². The predicted molar refractivity (Wildman–Crippen MR) is 145 cm³/mol. The van der Waals surface area contributed by atoms with Crippen molar-refractivity contribution in [3.63, 3.8) is 0 Å². The summed E-state index contributed by atoms with van der Waals surface area (Å²) in [6.07, 6.45) is 1.33. The van der Waals surface area contributed by atoms with Crippen LogP contribution in [-0.2, 0) is 34.5 Å². The molecule has 0 aliphatic carbocycles. The number of benzene rings is 3. The Morgan fingerprint density at radius 3 is 2.21 bits per heavy atom. The summed E-state index contributed by atoms with van der Waals surface area (Å²) >= 11 is 5.99. The van der Waals surface area contributed by atoms with Crippen molar-refractivity contribution in [2.75, 3.05) is 0 Å². The van der Waals surface area contributed by atoms with E-state index in [9.17, 15) is 18.5 Å². The predicted octanol–water partition coefficient (Wildman–Crippen LogP) is 5.55. The van der Waals surface area contributed by atoms with Gasteiger partial charge in [0, 0.05) is 24.2 Å². The lowest BCUT2D eigenvalue weighted by atomic mass is 10.2. The van der Waals surface area contributed by atoms with Crippen molar-refractivity contribution in [1.82, 2.24) is 9.62 Å². The Balaban J connectivity index is 1.53. The summed E-state index contributed by atoms with van der Waals surface area (Å²) in [6, 6.07) is 29.5. The van der Waals surface area contributed by atoms with Crippen LogP contribution in [0, 0.1) is 11.3 Å². The number of sulfonamides is 1. The van der Waals surface area contributed by atoms with Gasteiger partial charge in [0.25, 0.3) is 5.91 Å². The Bertz CT molecular complexity index is 1560. The van der Waals surface area contributed by atoms with Gasteiger partial charge in [-0.1, -0.05) is 72.3 Å². The molecule has 1 amide bonds. The van der Waals surface area contributed by atoms with E-state index in [1.807, 2.05) is 36.4 Å². The Morgan fingerprint density at radius 1 is 0.895 bits per heavy atom. The monoisotopic (exact) mass is 545 g/mol. The molecular weight excluding hydrogens is 522 g/mol. The van der Waals surface area contributed by atoms with Gasteiger partial charge < -0.3 is 9.73 Å². The van der Waals surface area contributed by atoms with E-state index in [0.717, 1.165) is 11.1 Å². The molecule has 0 spiro atoms. The largest absolute Gasteiger partial charge is 0.460 e. The third-order valence-corrected chi connectivity index (χ3v) is 7.67. The molecule has 1 heterocycles. The number of halogens is 1. The van der Waals surface area contributed by atoms with Gasteiger partial charge in [0.1, 0.15) is 23.2 Å². The maximum Gasteiger partial charge on any atom is 0.262 e. The number of rotatable bonds is 10. The zero-order valence-corrected chi connectivity index (χ0v) is 21.8. The molecule has 1 N–H and O–H groups in total. The van der Waals surface area contributed by atoms with Gasteiger partial charge >= 0.3 is 0 Å². The van der Waals surface area contributed by atoms with Crippen LogP contribution >= 0.6 is 11.6 Å². The fraction of sp³-hybridized carbons (Fsp3) is 0.103. The van der Waals surface area contributed by atoms with Gasteiger partial charge in [0.05, 0.1) is 11.4 Å². The van der Waals surface area contributed by atoms with Gasteiger partial charge in [-0.3, -0.25) is 4.79 Å². The molecule has 0 radical (unpaired) electrons. The lowest BCUT2D eigenvalue weighted by Crippen LogP contribution is -2.30. The molecule has 9 heteroatoms. The summed E-state index contributed by atoms with van der Waals surface area (Å²) in [5.41, 5.74) is 1.53. The van der Waals surface area contributed by atoms with E-state index in [2.05, 4.69) is 5.32 Å². The fourth-order valence-electron chi connectivity index (χ4n) is 3.66. The van der Waals surface area contributed by atoms with Gasteiger partial charge in [-0.25, -0.2) is 8.42 Å². The zero-order chi connectivity index (χ0) is 27.0. The summed E-state index contributed by atoms with van der Waals surface area (Å²) in [5.74, 6) is 0.0759. The van der Waals surface area contributed by atoms with Crippen molar-refractivity contribution in [3.8, 4) is 6.07 Å². The molecule has 0 unspecified atom stereocenters. The minimum Gasteiger partial charge on any atom is -0.460 e. The molecule has 192 valence electrons. The maximum absolute atomic E-state index is 13.5. The van der Waals surface area contributed by atoms with Gasteiger partial charge in [-0.2, -0.15) is 9.57 Å². The number of furan rings is 1. The van der Waals surface area contributed by atoms with Crippen molar-refractivity contribution in [1.29, 1.82) is 5.26 Å². The van der Waals surface area contributed by atoms with Gasteiger partial charge in [-0.05, 0) is 47.5 Å². The molecule has 0 aliphatic rings. The number of amides is 1. The maximum atomic E-state index is 13.5. The molecule has 7 nitrogen and oxygen atoms in total. The highest BCUT2D eigenvalue weighted by atomic mass is 35.5. The molecule has 3 aromatic carbocycles. The van der Waals surface area contributed by atoms with Gasteiger partial charge in [0.2, 0.25) is 10.0 Å².